The van der Waals surface area contributed by atoms with E-state index < -0.39 is 29.6 Å². The lowest BCUT2D eigenvalue weighted by molar-refractivity contribution is 0.450. The molecule has 0 aliphatic rings. The monoisotopic (exact) mass is 546 g/mol. The topological polar surface area (TPSA) is 92.5 Å². The minimum atomic E-state index is -0.797. The Morgan fingerprint density at radius 2 is 1.10 bits per heavy atom. The van der Waals surface area contributed by atoms with E-state index in [1.165, 1.54) is 18.2 Å². The third-order valence-electron chi connectivity index (χ3n) is 6.98. The molecule has 41 heavy (non-hydrogen) atoms. The second-order valence-electron chi connectivity index (χ2n) is 9.64. The van der Waals surface area contributed by atoms with Crippen molar-refractivity contribution in [2.45, 2.75) is 6.42 Å². The molecule has 0 fully saturated rings. The van der Waals surface area contributed by atoms with Gasteiger partial charge in [0.25, 0.3) is 0 Å². The lowest BCUT2D eigenvalue weighted by Gasteiger charge is -2.11. The van der Waals surface area contributed by atoms with Crippen LogP contribution in [-0.4, -0.2) is 20.2 Å². The van der Waals surface area contributed by atoms with Crippen LogP contribution in [0, 0.1) is 11.6 Å². The number of benzene rings is 5. The van der Waals surface area contributed by atoms with Gasteiger partial charge < -0.3 is 19.0 Å². The van der Waals surface area contributed by atoms with Gasteiger partial charge in [-0.05, 0) is 59.7 Å². The van der Waals surface area contributed by atoms with Gasteiger partial charge >= 0.3 is 0 Å². The average Bonchev–Trinajstić information content (AvgIpc) is 3.60. The molecule has 0 aliphatic carbocycles. The highest BCUT2D eigenvalue weighted by atomic mass is 19.1. The van der Waals surface area contributed by atoms with Crippen molar-refractivity contribution in [3.63, 3.8) is 0 Å². The first kappa shape index (κ1) is 24.5. The first-order valence-corrected chi connectivity index (χ1v) is 12.8. The highest BCUT2D eigenvalue weighted by molar-refractivity contribution is 5.82. The number of para-hydroxylation sites is 2. The molecule has 7 aromatic rings. The number of fused-ring (bicyclic) bond motifs is 2. The maximum atomic E-state index is 15.3. The molecular formula is C33H20F2N2O4. The van der Waals surface area contributed by atoms with E-state index in [9.17, 15) is 10.2 Å². The van der Waals surface area contributed by atoms with Crippen molar-refractivity contribution >= 4 is 22.2 Å². The molecule has 6 nitrogen and oxygen atoms in total. The van der Waals surface area contributed by atoms with Gasteiger partial charge in [0.1, 0.15) is 34.2 Å². The van der Waals surface area contributed by atoms with Crippen LogP contribution in [0.15, 0.2) is 106 Å². The Morgan fingerprint density at radius 1 is 0.537 bits per heavy atom. The van der Waals surface area contributed by atoms with Crippen LogP contribution >= 0.6 is 0 Å². The summed E-state index contributed by atoms with van der Waals surface area (Å²) in [6, 6.07) is 27.4. The van der Waals surface area contributed by atoms with Crippen molar-refractivity contribution < 1.29 is 27.8 Å². The molecule has 0 spiro atoms. The van der Waals surface area contributed by atoms with Crippen molar-refractivity contribution in [1.29, 1.82) is 0 Å². The van der Waals surface area contributed by atoms with Crippen molar-refractivity contribution in [3.05, 3.63) is 120 Å². The molecule has 0 saturated heterocycles. The maximum absolute atomic E-state index is 15.3. The second kappa shape index (κ2) is 9.60. The Bertz CT molecular complexity index is 2000. The van der Waals surface area contributed by atoms with Crippen molar-refractivity contribution in [3.8, 4) is 45.5 Å². The highest BCUT2D eigenvalue weighted by Gasteiger charge is 2.21. The van der Waals surface area contributed by atoms with Crippen LogP contribution in [-0.2, 0) is 6.42 Å². The number of rotatable bonds is 5. The number of oxazole rings is 2. The number of phenolic OH excluding ortho intramolecular Hbond substituents is 2. The zero-order valence-electron chi connectivity index (χ0n) is 21.3. The summed E-state index contributed by atoms with van der Waals surface area (Å²) in [6.45, 7) is 0. The summed E-state index contributed by atoms with van der Waals surface area (Å²) < 4.78 is 41.9. The molecule has 0 amide bonds. The molecule has 7 rings (SSSR count). The first-order valence-electron chi connectivity index (χ1n) is 12.8. The summed E-state index contributed by atoms with van der Waals surface area (Å²) >= 11 is 0. The average molecular weight is 547 g/mol. The Balaban J connectivity index is 1.19. The molecular weight excluding hydrogens is 526 g/mol. The summed E-state index contributed by atoms with van der Waals surface area (Å²) in [7, 11) is 0. The zero-order valence-corrected chi connectivity index (χ0v) is 21.3. The number of aromatic nitrogens is 2. The Hall–Kier alpha value is -5.50. The molecule has 200 valence electrons. The molecule has 0 bridgehead atoms. The summed E-state index contributed by atoms with van der Waals surface area (Å²) in [4.78, 5) is 8.81. The van der Waals surface area contributed by atoms with Gasteiger partial charge in [-0.1, -0.05) is 48.5 Å². The fourth-order valence-corrected chi connectivity index (χ4v) is 4.87. The predicted octanol–water partition coefficient (Wildman–Crippen LogP) is 8.25. The quantitative estimate of drug-likeness (QED) is 0.226. The highest BCUT2D eigenvalue weighted by Crippen LogP contribution is 2.36. The SMILES string of the molecule is Oc1cc(-c2nc3ccccc3o2)cc(F)c1Cc1c(O)cc(-c2nc3cc(-c4ccccc4)ccc3o2)cc1F. The Labute approximate surface area is 231 Å². The third-order valence-corrected chi connectivity index (χ3v) is 6.98. The van der Waals surface area contributed by atoms with Crippen LogP contribution in [0.3, 0.4) is 0 Å². The van der Waals surface area contributed by atoms with Crippen LogP contribution in [0.4, 0.5) is 8.78 Å². The minimum absolute atomic E-state index is 0.127. The van der Waals surface area contributed by atoms with Crippen molar-refractivity contribution in [2.24, 2.45) is 0 Å². The number of hydrogen-bond acceptors (Lipinski definition) is 6. The fourth-order valence-electron chi connectivity index (χ4n) is 4.87. The number of aromatic hydroxyl groups is 2. The molecule has 8 heteroatoms. The summed E-state index contributed by atoms with van der Waals surface area (Å²) in [5.74, 6) is -2.16. The standard InChI is InChI=1S/C33H20F2N2O4/c34-24-12-20(32-36-26-8-4-5-9-30(26)40-32)15-28(38)22(24)17-23-25(35)13-21(16-29(23)39)33-37-27-14-19(10-11-31(27)41-33)18-6-2-1-3-7-18/h1-16,38-39H,17H2. The van der Waals surface area contributed by atoms with Gasteiger partial charge in [-0.3, -0.25) is 0 Å². The van der Waals surface area contributed by atoms with E-state index in [2.05, 4.69) is 9.97 Å². The van der Waals surface area contributed by atoms with Gasteiger partial charge in [-0.2, -0.15) is 0 Å². The van der Waals surface area contributed by atoms with Crippen LogP contribution in [0.5, 0.6) is 11.5 Å². The lowest BCUT2D eigenvalue weighted by atomic mass is 9.99. The van der Waals surface area contributed by atoms with Crippen molar-refractivity contribution in [2.75, 3.05) is 0 Å². The lowest BCUT2D eigenvalue weighted by Crippen LogP contribution is -1.99. The molecule has 2 N–H and O–H groups in total. The number of nitrogens with zero attached hydrogens (tertiary/aromatic N) is 2. The molecule has 2 heterocycles. The van der Waals surface area contributed by atoms with E-state index in [1.807, 2.05) is 42.5 Å². The van der Waals surface area contributed by atoms with Gasteiger partial charge in [-0.15, -0.1) is 0 Å². The number of hydrogen-bond donors (Lipinski definition) is 2. The van der Waals surface area contributed by atoms with Gasteiger partial charge in [0.05, 0.1) is 0 Å². The van der Waals surface area contributed by atoms with Crippen LogP contribution in [0.25, 0.3) is 56.2 Å². The van der Waals surface area contributed by atoms with E-state index in [1.54, 1.807) is 30.3 Å². The van der Waals surface area contributed by atoms with Crippen LogP contribution in [0.2, 0.25) is 0 Å². The zero-order chi connectivity index (χ0) is 28.1. The fraction of sp³-hybridized carbons (Fsp3) is 0.0303. The van der Waals surface area contributed by atoms with Crippen molar-refractivity contribution in [1.82, 2.24) is 9.97 Å². The minimum Gasteiger partial charge on any atom is -0.508 e. The Morgan fingerprint density at radius 3 is 1.71 bits per heavy atom. The predicted molar refractivity (Wildman–Crippen MR) is 150 cm³/mol. The second-order valence-corrected chi connectivity index (χ2v) is 9.64. The maximum Gasteiger partial charge on any atom is 0.227 e. The van der Waals surface area contributed by atoms with E-state index in [4.69, 9.17) is 8.83 Å². The first-order chi connectivity index (χ1) is 19.9. The third kappa shape index (κ3) is 4.45. The summed E-state index contributed by atoms with van der Waals surface area (Å²) in [6.07, 6.45) is -0.391. The molecule has 5 aromatic carbocycles. The van der Waals surface area contributed by atoms with Gasteiger partial charge in [-0.25, -0.2) is 18.7 Å². The molecule has 0 radical (unpaired) electrons. The van der Waals surface area contributed by atoms with E-state index in [-0.39, 0.29) is 34.0 Å². The van der Waals surface area contributed by atoms with Gasteiger partial charge in [0.2, 0.25) is 11.8 Å². The van der Waals surface area contributed by atoms with Gasteiger partial charge in [0, 0.05) is 28.7 Å². The Kier molecular flexibility index (Phi) is 5.75. The van der Waals surface area contributed by atoms with Crippen LogP contribution in [0.1, 0.15) is 11.1 Å². The summed E-state index contributed by atoms with van der Waals surface area (Å²) in [5.41, 5.74) is 4.26. The normalized spacial score (nSPS) is 11.5. The molecule has 2 aromatic heterocycles. The summed E-state index contributed by atoms with van der Waals surface area (Å²) in [5, 5.41) is 21.3. The van der Waals surface area contributed by atoms with E-state index in [0.717, 1.165) is 17.2 Å². The molecule has 0 atom stereocenters. The van der Waals surface area contributed by atoms with Gasteiger partial charge in [0.15, 0.2) is 11.2 Å². The molecule has 0 unspecified atom stereocenters. The van der Waals surface area contributed by atoms with E-state index in [0.29, 0.717) is 22.2 Å². The number of halogens is 2. The van der Waals surface area contributed by atoms with E-state index >= 15 is 8.78 Å². The number of phenols is 2. The smallest absolute Gasteiger partial charge is 0.227 e. The largest absolute Gasteiger partial charge is 0.508 e. The molecule has 0 saturated carbocycles. The molecule has 0 aliphatic heterocycles. The van der Waals surface area contributed by atoms with Crippen LogP contribution < -0.4 is 0 Å².